The quantitative estimate of drug-likeness (QED) is 0.866. The Morgan fingerprint density at radius 1 is 1.32 bits per heavy atom. The second-order valence-electron chi connectivity index (χ2n) is 6.06. The molecule has 2 fully saturated rings. The minimum absolute atomic E-state index is 0.160. The van der Waals surface area contributed by atoms with Crippen LogP contribution in [-0.4, -0.2) is 53.2 Å². The van der Waals surface area contributed by atoms with Gasteiger partial charge in [0.1, 0.15) is 11.4 Å². The van der Waals surface area contributed by atoms with Crippen molar-refractivity contribution in [1.82, 2.24) is 9.80 Å². The number of nitrogens with one attached hydrogen (secondary N) is 1. The highest BCUT2D eigenvalue weighted by Crippen LogP contribution is 2.32. The van der Waals surface area contributed by atoms with Gasteiger partial charge in [0.25, 0.3) is 0 Å². The van der Waals surface area contributed by atoms with Crippen molar-refractivity contribution >= 4 is 17.8 Å². The van der Waals surface area contributed by atoms with Crippen LogP contribution in [-0.2, 0) is 4.74 Å². The van der Waals surface area contributed by atoms with Gasteiger partial charge in [-0.1, -0.05) is 0 Å². The van der Waals surface area contributed by atoms with Crippen LogP contribution in [0.3, 0.4) is 0 Å². The molecule has 3 rings (SSSR count). The van der Waals surface area contributed by atoms with Gasteiger partial charge in [0.05, 0.1) is 6.04 Å². The molecule has 1 N–H and O–H groups in total. The highest BCUT2D eigenvalue weighted by molar-refractivity contribution is 5.89. The van der Waals surface area contributed by atoms with Gasteiger partial charge in [-0.25, -0.2) is 14.0 Å². The van der Waals surface area contributed by atoms with Crippen molar-refractivity contribution in [2.24, 2.45) is 0 Å². The standard InChI is InChI=1S/C15H18FN3O3/c1-15(2)12-9-18(7-8-19(12)14(21)22-15)13(20)17-11-5-3-10(16)4-6-11/h3-6,12H,7-9H2,1-2H3,(H,17,20). The molecule has 2 heterocycles. The molecule has 1 atom stereocenters. The van der Waals surface area contributed by atoms with E-state index in [0.717, 1.165) is 0 Å². The van der Waals surface area contributed by atoms with Crippen LogP contribution in [0.2, 0.25) is 0 Å². The Morgan fingerprint density at radius 3 is 2.68 bits per heavy atom. The lowest BCUT2D eigenvalue weighted by Crippen LogP contribution is -2.58. The Balaban J connectivity index is 1.67. The van der Waals surface area contributed by atoms with E-state index in [1.807, 2.05) is 13.8 Å². The molecule has 2 saturated heterocycles. The van der Waals surface area contributed by atoms with Crippen LogP contribution in [0, 0.1) is 5.82 Å². The van der Waals surface area contributed by atoms with Gasteiger partial charge < -0.3 is 15.0 Å². The highest BCUT2D eigenvalue weighted by atomic mass is 19.1. The molecule has 0 radical (unpaired) electrons. The lowest BCUT2D eigenvalue weighted by molar-refractivity contribution is 0.0530. The number of carbonyl (C=O) groups is 2. The Morgan fingerprint density at radius 2 is 2.00 bits per heavy atom. The summed E-state index contributed by atoms with van der Waals surface area (Å²) in [6, 6.07) is 5.18. The van der Waals surface area contributed by atoms with E-state index in [0.29, 0.717) is 25.3 Å². The molecule has 7 heteroatoms. The number of hydrogen-bond acceptors (Lipinski definition) is 3. The van der Waals surface area contributed by atoms with Crippen molar-refractivity contribution in [1.29, 1.82) is 0 Å². The lowest BCUT2D eigenvalue weighted by atomic mass is 9.96. The van der Waals surface area contributed by atoms with Gasteiger partial charge >= 0.3 is 12.1 Å². The van der Waals surface area contributed by atoms with Crippen LogP contribution < -0.4 is 5.32 Å². The predicted molar refractivity (Wildman–Crippen MR) is 78.0 cm³/mol. The minimum Gasteiger partial charge on any atom is -0.441 e. The molecule has 118 valence electrons. The van der Waals surface area contributed by atoms with Gasteiger partial charge in [-0.05, 0) is 38.1 Å². The maximum Gasteiger partial charge on any atom is 0.410 e. The van der Waals surface area contributed by atoms with Crippen LogP contribution in [0.25, 0.3) is 0 Å². The van der Waals surface area contributed by atoms with E-state index in [1.54, 1.807) is 9.80 Å². The number of fused-ring (bicyclic) bond motifs is 1. The SMILES string of the molecule is CC1(C)OC(=O)N2CCN(C(=O)Nc3ccc(F)cc3)CC21. The monoisotopic (exact) mass is 307 g/mol. The summed E-state index contributed by atoms with van der Waals surface area (Å²) < 4.78 is 18.2. The van der Waals surface area contributed by atoms with Crippen LogP contribution in [0.15, 0.2) is 24.3 Å². The predicted octanol–water partition coefficient (Wildman–Crippen LogP) is 2.27. The number of halogens is 1. The first-order chi connectivity index (χ1) is 10.4. The Labute approximate surface area is 127 Å². The molecular formula is C15H18FN3O3. The van der Waals surface area contributed by atoms with E-state index in [1.165, 1.54) is 24.3 Å². The molecule has 2 aliphatic rings. The molecule has 2 aliphatic heterocycles. The Kier molecular flexibility index (Phi) is 3.42. The smallest absolute Gasteiger partial charge is 0.410 e. The third kappa shape index (κ3) is 2.58. The number of amides is 3. The number of piperazine rings is 1. The van der Waals surface area contributed by atoms with Crippen molar-refractivity contribution < 1.29 is 18.7 Å². The van der Waals surface area contributed by atoms with E-state index in [2.05, 4.69) is 5.32 Å². The second-order valence-corrected chi connectivity index (χ2v) is 6.06. The van der Waals surface area contributed by atoms with Crippen LogP contribution >= 0.6 is 0 Å². The van der Waals surface area contributed by atoms with Crippen molar-refractivity contribution in [2.75, 3.05) is 25.0 Å². The van der Waals surface area contributed by atoms with Crippen molar-refractivity contribution in [3.8, 4) is 0 Å². The number of benzene rings is 1. The van der Waals surface area contributed by atoms with Gasteiger partial charge in [0.2, 0.25) is 0 Å². The van der Waals surface area contributed by atoms with Gasteiger partial charge in [-0.2, -0.15) is 0 Å². The minimum atomic E-state index is -0.619. The summed E-state index contributed by atoms with van der Waals surface area (Å²) in [6.45, 7) is 4.98. The fourth-order valence-corrected chi connectivity index (χ4v) is 2.87. The topological polar surface area (TPSA) is 61.9 Å². The van der Waals surface area contributed by atoms with Crippen molar-refractivity contribution in [2.45, 2.75) is 25.5 Å². The number of rotatable bonds is 1. The third-order valence-electron chi connectivity index (χ3n) is 4.15. The zero-order valence-corrected chi connectivity index (χ0v) is 12.5. The first-order valence-electron chi connectivity index (χ1n) is 7.18. The van der Waals surface area contributed by atoms with Crippen LogP contribution in [0.4, 0.5) is 19.7 Å². The molecule has 0 aliphatic carbocycles. The normalized spacial score (nSPS) is 23.0. The fourth-order valence-electron chi connectivity index (χ4n) is 2.87. The molecule has 0 saturated carbocycles. The molecular weight excluding hydrogens is 289 g/mol. The van der Waals surface area contributed by atoms with Gasteiger partial charge in [0, 0.05) is 25.3 Å². The molecule has 6 nitrogen and oxygen atoms in total. The number of nitrogens with zero attached hydrogens (tertiary/aromatic N) is 2. The first-order valence-corrected chi connectivity index (χ1v) is 7.18. The lowest BCUT2D eigenvalue weighted by Gasteiger charge is -2.39. The third-order valence-corrected chi connectivity index (χ3v) is 4.15. The summed E-state index contributed by atoms with van der Waals surface area (Å²) in [7, 11) is 0. The van der Waals surface area contributed by atoms with Crippen molar-refractivity contribution in [3.63, 3.8) is 0 Å². The Hall–Kier alpha value is -2.31. The fraction of sp³-hybridized carbons (Fsp3) is 0.467. The molecule has 0 spiro atoms. The molecule has 0 aromatic heterocycles. The average Bonchev–Trinajstić information content (AvgIpc) is 2.71. The molecule has 0 bridgehead atoms. The summed E-state index contributed by atoms with van der Waals surface area (Å²) in [6.07, 6.45) is -0.325. The number of hydrogen-bond donors (Lipinski definition) is 1. The molecule has 1 aromatic carbocycles. The second kappa shape index (κ2) is 5.15. The van der Waals surface area contributed by atoms with Gasteiger partial charge in [0.15, 0.2) is 0 Å². The number of anilines is 1. The molecule has 1 aromatic rings. The largest absolute Gasteiger partial charge is 0.441 e. The number of cyclic esters (lactones) is 1. The summed E-state index contributed by atoms with van der Waals surface area (Å²) >= 11 is 0. The summed E-state index contributed by atoms with van der Waals surface area (Å²) in [4.78, 5) is 27.4. The summed E-state index contributed by atoms with van der Waals surface area (Å²) in [5.74, 6) is -0.352. The maximum atomic E-state index is 12.9. The van der Waals surface area contributed by atoms with Gasteiger partial charge in [-0.15, -0.1) is 0 Å². The van der Waals surface area contributed by atoms with Gasteiger partial charge in [-0.3, -0.25) is 4.90 Å². The van der Waals surface area contributed by atoms with Crippen molar-refractivity contribution in [3.05, 3.63) is 30.1 Å². The number of carbonyl (C=O) groups excluding carboxylic acids is 2. The first kappa shape index (κ1) is 14.6. The van der Waals surface area contributed by atoms with Crippen LogP contribution in [0.5, 0.6) is 0 Å². The summed E-state index contributed by atoms with van der Waals surface area (Å²) in [5.41, 5.74) is -0.0850. The van der Waals surface area contributed by atoms with E-state index in [4.69, 9.17) is 4.74 Å². The maximum absolute atomic E-state index is 12.9. The van der Waals surface area contributed by atoms with E-state index in [9.17, 15) is 14.0 Å². The highest BCUT2D eigenvalue weighted by Gasteiger charge is 2.50. The molecule has 22 heavy (non-hydrogen) atoms. The van der Waals surface area contributed by atoms with E-state index < -0.39 is 5.60 Å². The number of ether oxygens (including phenoxy) is 1. The Bertz CT molecular complexity index is 603. The number of urea groups is 1. The average molecular weight is 307 g/mol. The summed E-state index contributed by atoms with van der Waals surface area (Å²) in [5, 5.41) is 2.73. The zero-order chi connectivity index (χ0) is 15.9. The zero-order valence-electron chi connectivity index (χ0n) is 12.5. The molecule has 3 amide bonds. The van der Waals surface area contributed by atoms with E-state index >= 15 is 0 Å². The molecule has 1 unspecified atom stereocenters. The van der Waals surface area contributed by atoms with E-state index in [-0.39, 0.29) is 24.0 Å². The van der Waals surface area contributed by atoms with Crippen LogP contribution in [0.1, 0.15) is 13.8 Å².